The van der Waals surface area contributed by atoms with Gasteiger partial charge in [0.15, 0.2) is 0 Å². The lowest BCUT2D eigenvalue weighted by molar-refractivity contribution is -0.119. The number of amides is 1. The molecule has 0 fully saturated rings. The van der Waals surface area contributed by atoms with Crippen LogP contribution < -0.4 is 14.5 Å². The number of hydrogen-bond acceptors (Lipinski definition) is 5. The summed E-state index contributed by atoms with van der Waals surface area (Å²) in [5.41, 5.74) is 4.22. The fraction of sp³-hybridized carbons (Fsp3) is 0.130. The first-order valence-electron chi connectivity index (χ1n) is 9.62. The Kier molecular flexibility index (Phi) is 7.86. The van der Waals surface area contributed by atoms with Crippen molar-refractivity contribution in [3.8, 4) is 5.75 Å². The maximum atomic E-state index is 13.3. The molecule has 0 saturated heterocycles. The number of benzene rings is 3. The number of halogens is 1. The van der Waals surface area contributed by atoms with E-state index in [0.717, 1.165) is 13.4 Å². The number of nitrogens with zero attached hydrogens (tertiary/aromatic N) is 2. The maximum absolute atomic E-state index is 13.3. The molecule has 0 radical (unpaired) electrons. The van der Waals surface area contributed by atoms with Crippen LogP contribution in [0.4, 0.5) is 5.69 Å². The molecule has 0 bridgehead atoms. The van der Waals surface area contributed by atoms with Crippen LogP contribution in [0.25, 0.3) is 0 Å². The summed E-state index contributed by atoms with van der Waals surface area (Å²) < 4.78 is 34.0. The van der Waals surface area contributed by atoms with Gasteiger partial charge in [0, 0.05) is 9.64 Å². The van der Waals surface area contributed by atoms with Crippen molar-refractivity contribution in [3.63, 3.8) is 0 Å². The molecule has 0 aliphatic rings. The second-order valence-corrected chi connectivity index (χ2v) is 9.87. The van der Waals surface area contributed by atoms with E-state index in [4.69, 9.17) is 4.74 Å². The smallest absolute Gasteiger partial charge is 0.264 e. The molecule has 0 unspecified atom stereocenters. The van der Waals surface area contributed by atoms with Gasteiger partial charge >= 0.3 is 0 Å². The van der Waals surface area contributed by atoms with E-state index >= 15 is 0 Å². The number of hydrogen-bond donors (Lipinski definition) is 1. The van der Waals surface area contributed by atoms with Crippen molar-refractivity contribution in [2.75, 3.05) is 18.0 Å². The predicted molar refractivity (Wildman–Crippen MR) is 133 cm³/mol. The zero-order valence-corrected chi connectivity index (χ0v) is 20.5. The third-order valence-corrected chi connectivity index (χ3v) is 7.08. The van der Waals surface area contributed by atoms with E-state index in [2.05, 4.69) is 33.1 Å². The van der Waals surface area contributed by atoms with Crippen LogP contribution in [0.5, 0.6) is 5.75 Å². The van der Waals surface area contributed by atoms with Crippen molar-refractivity contribution in [2.45, 2.75) is 11.8 Å². The highest BCUT2D eigenvalue weighted by Gasteiger charge is 2.27. The van der Waals surface area contributed by atoms with Gasteiger partial charge in [0.05, 0.1) is 23.4 Å². The molecule has 3 aromatic carbocycles. The molecule has 166 valence electrons. The molecule has 0 aromatic heterocycles. The molecule has 32 heavy (non-hydrogen) atoms. The number of anilines is 1. The molecular weight excluding hydrogens is 541 g/mol. The van der Waals surface area contributed by atoms with Crippen LogP contribution in [-0.2, 0) is 14.8 Å². The van der Waals surface area contributed by atoms with E-state index in [1.54, 1.807) is 49.4 Å². The third kappa shape index (κ3) is 5.86. The Morgan fingerprint density at radius 3 is 2.38 bits per heavy atom. The largest absolute Gasteiger partial charge is 0.497 e. The summed E-state index contributed by atoms with van der Waals surface area (Å²) in [5.74, 6) is -0.0964. The summed E-state index contributed by atoms with van der Waals surface area (Å²) in [6.07, 6.45) is 0. The molecule has 7 nitrogen and oxygen atoms in total. The van der Waals surface area contributed by atoms with Gasteiger partial charge in [0.2, 0.25) is 0 Å². The van der Waals surface area contributed by atoms with Crippen LogP contribution in [0, 0.1) is 3.57 Å². The highest BCUT2D eigenvalue weighted by Crippen LogP contribution is 2.26. The maximum Gasteiger partial charge on any atom is 0.264 e. The Hall–Kier alpha value is -2.92. The van der Waals surface area contributed by atoms with Crippen LogP contribution >= 0.6 is 22.6 Å². The lowest BCUT2D eigenvalue weighted by Gasteiger charge is -2.24. The SMILES string of the molecule is COc1cccc(N(CC(=O)N/N=C(/C)c2ccc(I)cc2)S(=O)(=O)c2ccccc2)c1. The zero-order chi connectivity index (χ0) is 23.1. The molecule has 1 N–H and O–H groups in total. The van der Waals surface area contributed by atoms with Crippen molar-refractivity contribution in [1.29, 1.82) is 0 Å². The number of ether oxygens (including phenoxy) is 1. The highest BCUT2D eigenvalue weighted by atomic mass is 127. The number of sulfonamides is 1. The third-order valence-electron chi connectivity index (χ3n) is 4.57. The van der Waals surface area contributed by atoms with Gasteiger partial charge in [-0.1, -0.05) is 36.4 Å². The van der Waals surface area contributed by atoms with Gasteiger partial charge in [-0.05, 0) is 71.5 Å². The number of carbonyl (C=O) groups is 1. The highest BCUT2D eigenvalue weighted by molar-refractivity contribution is 14.1. The van der Waals surface area contributed by atoms with Crippen molar-refractivity contribution < 1.29 is 17.9 Å². The molecule has 0 saturated carbocycles. The minimum Gasteiger partial charge on any atom is -0.497 e. The van der Waals surface area contributed by atoms with Crippen molar-refractivity contribution in [2.24, 2.45) is 5.10 Å². The number of carbonyl (C=O) groups excluding carboxylic acids is 1. The average molecular weight is 563 g/mol. The molecule has 0 aliphatic heterocycles. The minimum atomic E-state index is -4.00. The summed E-state index contributed by atoms with van der Waals surface area (Å²) in [5, 5.41) is 4.13. The first-order chi connectivity index (χ1) is 15.3. The summed E-state index contributed by atoms with van der Waals surface area (Å²) >= 11 is 2.21. The molecule has 0 heterocycles. The summed E-state index contributed by atoms with van der Waals surface area (Å²) in [4.78, 5) is 12.8. The lowest BCUT2D eigenvalue weighted by Crippen LogP contribution is -2.39. The Morgan fingerprint density at radius 1 is 1.03 bits per heavy atom. The number of hydrazone groups is 1. The van der Waals surface area contributed by atoms with Gasteiger partial charge in [-0.15, -0.1) is 0 Å². The van der Waals surface area contributed by atoms with E-state index in [0.29, 0.717) is 17.1 Å². The van der Waals surface area contributed by atoms with Crippen molar-refractivity contribution in [3.05, 3.63) is 88.0 Å². The monoisotopic (exact) mass is 563 g/mol. The minimum absolute atomic E-state index is 0.0780. The van der Waals surface area contributed by atoms with Crippen LogP contribution in [0.2, 0.25) is 0 Å². The Morgan fingerprint density at radius 2 is 1.72 bits per heavy atom. The van der Waals surface area contributed by atoms with E-state index in [1.807, 2.05) is 24.3 Å². The van der Waals surface area contributed by atoms with Gasteiger partial charge < -0.3 is 4.74 Å². The first kappa shape index (κ1) is 23.7. The zero-order valence-electron chi connectivity index (χ0n) is 17.5. The second-order valence-electron chi connectivity index (χ2n) is 6.77. The molecule has 0 atom stereocenters. The van der Waals surface area contributed by atoms with Crippen molar-refractivity contribution >= 4 is 49.9 Å². The molecule has 3 aromatic rings. The Bertz CT molecular complexity index is 1210. The van der Waals surface area contributed by atoms with Gasteiger partial charge in [0.25, 0.3) is 15.9 Å². The van der Waals surface area contributed by atoms with E-state index in [-0.39, 0.29) is 4.90 Å². The molecule has 1 amide bonds. The molecule has 9 heteroatoms. The fourth-order valence-electron chi connectivity index (χ4n) is 2.87. The van der Waals surface area contributed by atoms with E-state index in [1.165, 1.54) is 19.2 Å². The average Bonchev–Trinajstić information content (AvgIpc) is 2.82. The number of rotatable bonds is 8. The van der Waals surface area contributed by atoms with Gasteiger partial charge in [-0.3, -0.25) is 9.10 Å². The van der Waals surface area contributed by atoms with Gasteiger partial charge in [0.1, 0.15) is 12.3 Å². The number of methoxy groups -OCH3 is 1. The molecular formula is C23H22IN3O4S. The van der Waals surface area contributed by atoms with Crippen LogP contribution in [0.15, 0.2) is 88.9 Å². The van der Waals surface area contributed by atoms with E-state index < -0.39 is 22.5 Å². The summed E-state index contributed by atoms with van der Waals surface area (Å²) in [6, 6.07) is 22.2. The lowest BCUT2D eigenvalue weighted by atomic mass is 10.1. The fourth-order valence-corrected chi connectivity index (χ4v) is 4.66. The molecule has 0 spiro atoms. The summed E-state index contributed by atoms with van der Waals surface area (Å²) in [7, 11) is -2.51. The molecule has 0 aliphatic carbocycles. The predicted octanol–water partition coefficient (Wildman–Crippen LogP) is 4.04. The van der Waals surface area contributed by atoms with E-state index in [9.17, 15) is 13.2 Å². The Labute approximate surface area is 201 Å². The molecule has 3 rings (SSSR count). The quantitative estimate of drug-likeness (QED) is 0.255. The van der Waals surface area contributed by atoms with Crippen LogP contribution in [0.3, 0.4) is 0 Å². The second kappa shape index (κ2) is 10.6. The Balaban J connectivity index is 1.87. The topological polar surface area (TPSA) is 88.1 Å². The van der Waals surface area contributed by atoms with Crippen LogP contribution in [0.1, 0.15) is 12.5 Å². The standard InChI is InChI=1S/C23H22IN3O4S/c1-17(18-11-13-19(24)14-12-18)25-26-23(28)16-27(20-7-6-8-21(15-20)31-2)32(29,30)22-9-4-3-5-10-22/h3-15H,16H2,1-2H3,(H,26,28)/b25-17-. The normalized spacial score (nSPS) is 11.7. The first-order valence-corrected chi connectivity index (χ1v) is 12.1. The van der Waals surface area contributed by atoms with Crippen LogP contribution in [-0.4, -0.2) is 33.7 Å². The van der Waals surface area contributed by atoms with Crippen molar-refractivity contribution in [1.82, 2.24) is 5.43 Å². The summed E-state index contributed by atoms with van der Waals surface area (Å²) in [6.45, 7) is 1.32. The van der Waals surface area contributed by atoms with Gasteiger partial charge in [-0.2, -0.15) is 5.10 Å². The van der Waals surface area contributed by atoms with Gasteiger partial charge in [-0.25, -0.2) is 13.8 Å². The number of nitrogens with one attached hydrogen (secondary N) is 1.